The van der Waals surface area contributed by atoms with E-state index < -0.39 is 10.8 Å². The average Bonchev–Trinajstić information content (AvgIpc) is 2.90. The van der Waals surface area contributed by atoms with Gasteiger partial charge in [-0.25, -0.2) is 0 Å². The van der Waals surface area contributed by atoms with Gasteiger partial charge in [-0.3, -0.25) is 9.48 Å². The van der Waals surface area contributed by atoms with E-state index in [0.29, 0.717) is 12.8 Å². The van der Waals surface area contributed by atoms with Gasteiger partial charge >= 0.3 is 0 Å². The molecule has 4 nitrogen and oxygen atoms in total. The van der Waals surface area contributed by atoms with E-state index in [1.54, 1.807) is 0 Å². The van der Waals surface area contributed by atoms with Crippen LogP contribution in [0, 0.1) is 22.2 Å². The lowest BCUT2D eigenvalue weighted by molar-refractivity contribution is -0.130. The van der Waals surface area contributed by atoms with E-state index in [1.165, 1.54) is 0 Å². The van der Waals surface area contributed by atoms with Gasteiger partial charge in [0.2, 0.25) is 0 Å². The molecule has 4 heteroatoms. The SMILES string of the molecule is Cn1nc(CC2(C#N)CCC(C)(C)C2=O)c2ccccc21. The number of nitriles is 1. The van der Waals surface area contributed by atoms with Gasteiger partial charge in [-0.1, -0.05) is 32.0 Å². The number of benzene rings is 1. The summed E-state index contributed by atoms with van der Waals surface area (Å²) < 4.78 is 1.82. The van der Waals surface area contributed by atoms with Crippen LogP contribution in [0.2, 0.25) is 0 Å². The normalized spacial score (nSPS) is 24.4. The molecule has 0 N–H and O–H groups in total. The summed E-state index contributed by atoms with van der Waals surface area (Å²) in [5.41, 5.74) is 0.562. The molecule has 1 atom stereocenters. The fourth-order valence-electron chi connectivity index (χ4n) is 3.42. The van der Waals surface area contributed by atoms with Crippen LogP contribution in [0.4, 0.5) is 0 Å². The van der Waals surface area contributed by atoms with Crippen LogP contribution < -0.4 is 0 Å². The quantitative estimate of drug-likeness (QED) is 0.850. The second-order valence-corrected chi connectivity index (χ2v) is 6.67. The Morgan fingerprint density at radius 1 is 1.33 bits per heavy atom. The number of rotatable bonds is 2. The maximum Gasteiger partial charge on any atom is 0.159 e. The van der Waals surface area contributed by atoms with Crippen molar-refractivity contribution in [2.24, 2.45) is 17.9 Å². The van der Waals surface area contributed by atoms with E-state index in [2.05, 4.69) is 11.2 Å². The number of ketones is 1. The van der Waals surface area contributed by atoms with Crippen LogP contribution in [-0.4, -0.2) is 15.6 Å². The molecule has 0 radical (unpaired) electrons. The summed E-state index contributed by atoms with van der Waals surface area (Å²) >= 11 is 0. The van der Waals surface area contributed by atoms with E-state index in [4.69, 9.17) is 0 Å². The number of aryl methyl sites for hydroxylation is 1. The molecule has 0 saturated heterocycles. The Labute approximate surface area is 124 Å². The molecule has 0 amide bonds. The number of hydrogen-bond donors (Lipinski definition) is 0. The zero-order chi connectivity index (χ0) is 15.3. The number of para-hydroxylation sites is 1. The average molecular weight is 281 g/mol. The van der Waals surface area contributed by atoms with Crippen molar-refractivity contribution in [1.29, 1.82) is 5.26 Å². The second-order valence-electron chi connectivity index (χ2n) is 6.67. The third-order valence-electron chi connectivity index (χ3n) is 4.74. The number of hydrogen-bond acceptors (Lipinski definition) is 3. The molecule has 1 aliphatic carbocycles. The molecule has 1 saturated carbocycles. The summed E-state index contributed by atoms with van der Waals surface area (Å²) in [6, 6.07) is 10.3. The Morgan fingerprint density at radius 2 is 2.05 bits per heavy atom. The fourth-order valence-corrected chi connectivity index (χ4v) is 3.42. The number of nitrogens with zero attached hydrogens (tertiary/aromatic N) is 3. The van der Waals surface area contributed by atoms with Crippen LogP contribution in [-0.2, 0) is 18.3 Å². The lowest BCUT2D eigenvalue weighted by Crippen LogP contribution is -2.33. The summed E-state index contributed by atoms with van der Waals surface area (Å²) in [6.07, 6.45) is 1.80. The van der Waals surface area contributed by atoms with E-state index in [0.717, 1.165) is 23.0 Å². The van der Waals surface area contributed by atoms with Crippen LogP contribution in [0.15, 0.2) is 24.3 Å². The minimum Gasteiger partial charge on any atom is -0.297 e. The highest BCUT2D eigenvalue weighted by atomic mass is 16.1. The maximum absolute atomic E-state index is 12.7. The largest absolute Gasteiger partial charge is 0.297 e. The third-order valence-corrected chi connectivity index (χ3v) is 4.74. The molecule has 1 aromatic heterocycles. The van der Waals surface area contributed by atoms with Crippen LogP contribution in [0.3, 0.4) is 0 Å². The highest BCUT2D eigenvalue weighted by Gasteiger charge is 2.52. The van der Waals surface area contributed by atoms with E-state index in [9.17, 15) is 10.1 Å². The van der Waals surface area contributed by atoms with Gasteiger partial charge in [-0.05, 0) is 18.9 Å². The first-order valence-corrected chi connectivity index (χ1v) is 7.26. The minimum atomic E-state index is -0.916. The molecule has 0 bridgehead atoms. The van der Waals surface area contributed by atoms with Crippen molar-refractivity contribution in [3.63, 3.8) is 0 Å². The highest BCUT2D eigenvalue weighted by Crippen LogP contribution is 2.47. The van der Waals surface area contributed by atoms with Gasteiger partial charge in [0, 0.05) is 24.3 Å². The van der Waals surface area contributed by atoms with Crippen molar-refractivity contribution >= 4 is 16.7 Å². The molecule has 108 valence electrons. The first-order valence-electron chi connectivity index (χ1n) is 7.26. The van der Waals surface area contributed by atoms with E-state index >= 15 is 0 Å². The van der Waals surface area contributed by atoms with Crippen molar-refractivity contribution in [3.05, 3.63) is 30.0 Å². The topological polar surface area (TPSA) is 58.7 Å². The summed E-state index contributed by atoms with van der Waals surface area (Å²) in [7, 11) is 1.89. The lowest BCUT2D eigenvalue weighted by Gasteiger charge is -2.21. The Morgan fingerprint density at radius 3 is 2.67 bits per heavy atom. The number of carbonyl (C=O) groups excluding carboxylic acids is 1. The fraction of sp³-hybridized carbons (Fsp3) is 0.471. The van der Waals surface area contributed by atoms with Crippen LogP contribution in [0.25, 0.3) is 10.9 Å². The molecule has 1 fully saturated rings. The molecular formula is C17H19N3O. The van der Waals surface area contributed by atoms with Crippen molar-refractivity contribution in [2.75, 3.05) is 0 Å². The summed E-state index contributed by atoms with van der Waals surface area (Å²) in [5.74, 6) is 0.0623. The predicted molar refractivity (Wildman–Crippen MR) is 80.5 cm³/mol. The molecule has 1 aromatic carbocycles. The number of Topliss-reactive ketones (excluding diaryl/α,β-unsaturated/α-hetero) is 1. The molecule has 2 aromatic rings. The third kappa shape index (κ3) is 1.96. The lowest BCUT2D eigenvalue weighted by atomic mass is 9.77. The van der Waals surface area contributed by atoms with Gasteiger partial charge in [-0.2, -0.15) is 10.4 Å². The molecule has 0 aliphatic heterocycles. The number of carbonyl (C=O) groups is 1. The Bertz CT molecular complexity index is 766. The van der Waals surface area contributed by atoms with E-state index in [-0.39, 0.29) is 5.78 Å². The zero-order valence-electron chi connectivity index (χ0n) is 12.7. The molecule has 21 heavy (non-hydrogen) atoms. The Hall–Kier alpha value is -2.15. The van der Waals surface area contributed by atoms with Gasteiger partial charge in [0.1, 0.15) is 5.41 Å². The van der Waals surface area contributed by atoms with Crippen molar-refractivity contribution in [1.82, 2.24) is 9.78 Å². The zero-order valence-corrected chi connectivity index (χ0v) is 12.7. The first kappa shape index (κ1) is 13.8. The van der Waals surface area contributed by atoms with Crippen LogP contribution in [0.1, 0.15) is 32.4 Å². The van der Waals surface area contributed by atoms with Gasteiger partial charge in [0.25, 0.3) is 0 Å². The molecule has 1 aliphatic rings. The summed E-state index contributed by atoms with van der Waals surface area (Å²) in [6.45, 7) is 3.87. The molecule has 0 spiro atoms. The number of fused-ring (bicyclic) bond motifs is 1. The molecule has 1 unspecified atom stereocenters. The van der Waals surface area contributed by atoms with Gasteiger partial charge in [0.05, 0.1) is 17.3 Å². The molecular weight excluding hydrogens is 262 g/mol. The number of aromatic nitrogens is 2. The highest BCUT2D eigenvalue weighted by molar-refractivity contribution is 5.95. The van der Waals surface area contributed by atoms with Crippen molar-refractivity contribution in [3.8, 4) is 6.07 Å². The predicted octanol–water partition coefficient (Wildman–Crippen LogP) is 3.01. The Kier molecular flexibility index (Phi) is 2.91. The van der Waals surface area contributed by atoms with E-state index in [1.807, 2.05) is 49.8 Å². The first-order chi connectivity index (χ1) is 9.89. The van der Waals surface area contributed by atoms with Crippen molar-refractivity contribution in [2.45, 2.75) is 33.1 Å². The van der Waals surface area contributed by atoms with Gasteiger partial charge in [0.15, 0.2) is 5.78 Å². The Balaban J connectivity index is 2.06. The van der Waals surface area contributed by atoms with Crippen LogP contribution in [0.5, 0.6) is 0 Å². The molecule has 3 rings (SSSR count). The monoisotopic (exact) mass is 281 g/mol. The summed E-state index contributed by atoms with van der Waals surface area (Å²) in [4.78, 5) is 12.7. The van der Waals surface area contributed by atoms with Crippen LogP contribution >= 0.6 is 0 Å². The summed E-state index contributed by atoms with van der Waals surface area (Å²) in [5, 5.41) is 15.2. The standard InChI is InChI=1S/C17H19N3O/c1-16(2)8-9-17(11-18,15(16)21)10-13-12-6-4-5-7-14(12)20(3)19-13/h4-7H,8-10H2,1-3H3. The van der Waals surface area contributed by atoms with Gasteiger partial charge in [-0.15, -0.1) is 0 Å². The maximum atomic E-state index is 12.7. The smallest absolute Gasteiger partial charge is 0.159 e. The minimum absolute atomic E-state index is 0.0623. The van der Waals surface area contributed by atoms with Gasteiger partial charge < -0.3 is 0 Å². The second kappa shape index (κ2) is 4.42. The van der Waals surface area contributed by atoms with Crippen molar-refractivity contribution < 1.29 is 4.79 Å². The molecule has 1 heterocycles.